The molecule has 1 aromatic heterocycles. The van der Waals surface area contributed by atoms with E-state index >= 15 is 0 Å². The number of ether oxygens (including phenoxy) is 1. The summed E-state index contributed by atoms with van der Waals surface area (Å²) in [5.41, 5.74) is 1.28. The molecule has 35 heavy (non-hydrogen) atoms. The van der Waals surface area contributed by atoms with Crippen molar-refractivity contribution in [1.82, 2.24) is 4.57 Å². The third kappa shape index (κ3) is 5.20. The number of sulfonamides is 1. The first kappa shape index (κ1) is 24.4. The Kier molecular flexibility index (Phi) is 6.90. The predicted octanol–water partition coefficient (Wildman–Crippen LogP) is 3.97. The van der Waals surface area contributed by atoms with Crippen LogP contribution in [-0.2, 0) is 21.9 Å². The third-order valence-corrected chi connectivity index (χ3v) is 7.98. The third-order valence-electron chi connectivity index (χ3n) is 5.20. The Labute approximate surface area is 205 Å². The summed E-state index contributed by atoms with van der Waals surface area (Å²) in [7, 11) is -2.51. The Morgan fingerprint density at radius 2 is 1.77 bits per heavy atom. The molecule has 0 radical (unpaired) electrons. The minimum Gasteiger partial charge on any atom is -0.494 e. The number of halogens is 1. The van der Waals surface area contributed by atoms with Gasteiger partial charge >= 0.3 is 4.87 Å². The number of hydrogen-bond acceptors (Lipinski definition) is 6. The molecule has 0 atom stereocenters. The molecule has 8 nitrogen and oxygen atoms in total. The van der Waals surface area contributed by atoms with Crippen LogP contribution in [0.3, 0.4) is 0 Å². The highest BCUT2D eigenvalue weighted by Gasteiger charge is 2.27. The van der Waals surface area contributed by atoms with Crippen LogP contribution in [-0.4, -0.2) is 32.0 Å². The standard InChI is InChI=1S/C24H22FN3O5S2/c1-3-33-19-9-11-20(12-10-19)35(31,32)28(18-7-4-16(25)5-8-18)15-23(29)26-17-6-13-21-22(14-17)34-24(30)27(21)2/h4-14H,3,15H2,1-2H3,(H,26,29). The van der Waals surface area contributed by atoms with E-state index in [-0.39, 0.29) is 15.5 Å². The summed E-state index contributed by atoms with van der Waals surface area (Å²) in [4.78, 5) is 24.6. The molecule has 1 heterocycles. The van der Waals surface area contributed by atoms with E-state index in [1.165, 1.54) is 41.0 Å². The normalized spacial score (nSPS) is 11.4. The van der Waals surface area contributed by atoms with Gasteiger partial charge in [0.15, 0.2) is 0 Å². The van der Waals surface area contributed by atoms with E-state index in [9.17, 15) is 22.4 Å². The highest BCUT2D eigenvalue weighted by molar-refractivity contribution is 7.92. The van der Waals surface area contributed by atoms with Gasteiger partial charge in [-0.05, 0) is 73.7 Å². The van der Waals surface area contributed by atoms with Gasteiger partial charge in [0.1, 0.15) is 18.1 Å². The number of nitrogens with one attached hydrogen (secondary N) is 1. The van der Waals surface area contributed by atoms with Gasteiger partial charge in [0.05, 0.1) is 27.4 Å². The second kappa shape index (κ2) is 9.88. The second-order valence-electron chi connectivity index (χ2n) is 7.55. The summed E-state index contributed by atoms with van der Waals surface area (Å²) in [6.07, 6.45) is 0. The Balaban J connectivity index is 1.63. The molecule has 0 unspecified atom stereocenters. The maximum atomic E-state index is 13.5. The van der Waals surface area contributed by atoms with Crippen LogP contribution in [0.5, 0.6) is 5.75 Å². The summed E-state index contributed by atoms with van der Waals surface area (Å²) in [6.45, 7) is 1.69. The number of thiazole rings is 1. The average Bonchev–Trinajstić information content (AvgIpc) is 3.11. The molecule has 0 saturated carbocycles. The molecule has 1 amide bonds. The van der Waals surface area contributed by atoms with E-state index in [2.05, 4.69) is 5.32 Å². The summed E-state index contributed by atoms with van der Waals surface area (Å²) in [6, 6.07) is 15.7. The van der Waals surface area contributed by atoms with Gasteiger partial charge in [0, 0.05) is 12.7 Å². The quantitative estimate of drug-likeness (QED) is 0.383. The first-order valence-corrected chi connectivity index (χ1v) is 12.9. The van der Waals surface area contributed by atoms with Gasteiger partial charge < -0.3 is 14.6 Å². The lowest BCUT2D eigenvalue weighted by Crippen LogP contribution is -2.38. The summed E-state index contributed by atoms with van der Waals surface area (Å²) in [5.74, 6) is -0.630. The molecule has 3 aromatic carbocycles. The van der Waals surface area contributed by atoms with Gasteiger partial charge in [-0.1, -0.05) is 11.3 Å². The molecule has 0 aliphatic carbocycles. The van der Waals surface area contributed by atoms with Gasteiger partial charge in [-0.15, -0.1) is 0 Å². The first-order chi connectivity index (χ1) is 16.7. The zero-order chi connectivity index (χ0) is 25.2. The van der Waals surface area contributed by atoms with Gasteiger partial charge in [0.2, 0.25) is 5.91 Å². The summed E-state index contributed by atoms with van der Waals surface area (Å²) in [5, 5.41) is 2.68. The average molecular weight is 516 g/mol. The lowest BCUT2D eigenvalue weighted by atomic mass is 10.3. The first-order valence-electron chi connectivity index (χ1n) is 10.6. The van der Waals surface area contributed by atoms with Crippen molar-refractivity contribution in [3.8, 4) is 5.75 Å². The zero-order valence-electron chi connectivity index (χ0n) is 18.9. The molecule has 11 heteroatoms. The van der Waals surface area contributed by atoms with Crippen molar-refractivity contribution in [2.24, 2.45) is 7.05 Å². The fraction of sp³-hybridized carbons (Fsp3) is 0.167. The molecule has 1 N–H and O–H groups in total. The van der Waals surface area contributed by atoms with Crippen molar-refractivity contribution in [3.63, 3.8) is 0 Å². The molecule has 0 fully saturated rings. The smallest absolute Gasteiger partial charge is 0.307 e. The van der Waals surface area contributed by atoms with Crippen molar-refractivity contribution < 1.29 is 22.3 Å². The number of carbonyl (C=O) groups excluding carboxylic acids is 1. The van der Waals surface area contributed by atoms with Gasteiger partial charge in [-0.3, -0.25) is 13.9 Å². The minimum atomic E-state index is -4.17. The van der Waals surface area contributed by atoms with Crippen molar-refractivity contribution in [3.05, 3.63) is 82.2 Å². The second-order valence-corrected chi connectivity index (χ2v) is 10.4. The topological polar surface area (TPSA) is 97.7 Å². The molecule has 0 spiro atoms. The highest BCUT2D eigenvalue weighted by atomic mass is 32.2. The fourth-order valence-electron chi connectivity index (χ4n) is 3.47. The van der Waals surface area contributed by atoms with Crippen LogP contribution in [0.1, 0.15) is 6.92 Å². The lowest BCUT2D eigenvalue weighted by Gasteiger charge is -2.24. The summed E-state index contributed by atoms with van der Waals surface area (Å²) >= 11 is 1.04. The molecular formula is C24H22FN3O5S2. The van der Waals surface area contributed by atoms with Crippen LogP contribution in [0.15, 0.2) is 76.4 Å². The zero-order valence-corrected chi connectivity index (χ0v) is 20.5. The van der Waals surface area contributed by atoms with E-state index in [0.29, 0.717) is 22.7 Å². The number of carbonyl (C=O) groups is 1. The van der Waals surface area contributed by atoms with Gasteiger partial charge in [0.25, 0.3) is 10.0 Å². The monoisotopic (exact) mass is 515 g/mol. The van der Waals surface area contributed by atoms with Crippen LogP contribution in [0.25, 0.3) is 10.2 Å². The number of hydrogen-bond donors (Lipinski definition) is 1. The molecule has 0 aliphatic heterocycles. The number of fused-ring (bicyclic) bond motifs is 1. The number of nitrogens with zero attached hydrogens (tertiary/aromatic N) is 2. The van der Waals surface area contributed by atoms with Crippen LogP contribution >= 0.6 is 11.3 Å². The molecule has 182 valence electrons. The van der Waals surface area contributed by atoms with Crippen LogP contribution in [0, 0.1) is 5.82 Å². The SMILES string of the molecule is CCOc1ccc(S(=O)(=O)N(CC(=O)Nc2ccc3c(c2)sc(=O)n3C)c2ccc(F)cc2)cc1. The van der Waals surface area contributed by atoms with Gasteiger partial charge in [-0.25, -0.2) is 12.8 Å². The van der Waals surface area contributed by atoms with Gasteiger partial charge in [-0.2, -0.15) is 0 Å². The van der Waals surface area contributed by atoms with Crippen molar-refractivity contribution in [2.45, 2.75) is 11.8 Å². The van der Waals surface area contributed by atoms with Crippen LogP contribution < -0.4 is 19.2 Å². The number of aryl methyl sites for hydroxylation is 1. The van der Waals surface area contributed by atoms with Crippen LogP contribution in [0.4, 0.5) is 15.8 Å². The number of anilines is 2. The van der Waals surface area contributed by atoms with Crippen LogP contribution in [0.2, 0.25) is 0 Å². The number of benzene rings is 3. The molecule has 0 bridgehead atoms. The van der Waals surface area contributed by atoms with E-state index in [1.54, 1.807) is 25.2 Å². The molecule has 0 saturated heterocycles. The lowest BCUT2D eigenvalue weighted by molar-refractivity contribution is -0.114. The van der Waals surface area contributed by atoms with Crippen molar-refractivity contribution in [2.75, 3.05) is 22.8 Å². The van der Waals surface area contributed by atoms with E-state index in [1.807, 2.05) is 6.92 Å². The highest BCUT2D eigenvalue weighted by Crippen LogP contribution is 2.26. The molecular weight excluding hydrogens is 493 g/mol. The molecule has 0 aliphatic rings. The Morgan fingerprint density at radius 3 is 2.43 bits per heavy atom. The van der Waals surface area contributed by atoms with Crippen molar-refractivity contribution in [1.29, 1.82) is 0 Å². The molecule has 4 rings (SSSR count). The minimum absolute atomic E-state index is 0.0476. The fourth-order valence-corrected chi connectivity index (χ4v) is 5.81. The maximum absolute atomic E-state index is 13.5. The predicted molar refractivity (Wildman–Crippen MR) is 134 cm³/mol. The maximum Gasteiger partial charge on any atom is 0.307 e. The van der Waals surface area contributed by atoms with Crippen molar-refractivity contribution >= 4 is 48.9 Å². The Bertz CT molecular complexity index is 1530. The summed E-state index contributed by atoms with van der Waals surface area (Å²) < 4.78 is 48.9. The number of amides is 1. The Morgan fingerprint density at radius 1 is 1.09 bits per heavy atom. The van der Waals surface area contributed by atoms with E-state index in [0.717, 1.165) is 33.3 Å². The largest absolute Gasteiger partial charge is 0.494 e. The molecule has 4 aromatic rings. The van der Waals surface area contributed by atoms with E-state index < -0.39 is 28.3 Å². The number of rotatable bonds is 8. The number of aromatic nitrogens is 1. The Hall–Kier alpha value is -3.70. The van der Waals surface area contributed by atoms with E-state index in [4.69, 9.17) is 4.74 Å².